The molecule has 1 saturated heterocycles. The first kappa shape index (κ1) is 15.9. The van der Waals surface area contributed by atoms with Gasteiger partial charge in [-0.2, -0.15) is 0 Å². The number of carbonyl (C=O) groups is 1. The Morgan fingerprint density at radius 2 is 2.00 bits per heavy atom. The number of benzene rings is 1. The zero-order valence-electron chi connectivity index (χ0n) is 11.9. The van der Waals surface area contributed by atoms with Gasteiger partial charge in [-0.15, -0.1) is 11.8 Å². The molecule has 2 rings (SSSR count). The summed E-state index contributed by atoms with van der Waals surface area (Å²) in [5.74, 6) is 0.639. The molecule has 5 heteroatoms. The van der Waals surface area contributed by atoms with Gasteiger partial charge >= 0.3 is 0 Å². The van der Waals surface area contributed by atoms with Crippen LogP contribution in [0.5, 0.6) is 0 Å². The van der Waals surface area contributed by atoms with Crippen molar-refractivity contribution >= 4 is 33.6 Å². The highest BCUT2D eigenvalue weighted by atomic mass is 79.9. The number of aliphatic hydroxyl groups is 1. The highest BCUT2D eigenvalue weighted by Crippen LogP contribution is 2.28. The molecule has 0 atom stereocenters. The van der Waals surface area contributed by atoms with Crippen LogP contribution < -0.4 is 0 Å². The Kier molecular flexibility index (Phi) is 5.52. The molecule has 1 amide bonds. The van der Waals surface area contributed by atoms with Crippen molar-refractivity contribution in [3.8, 4) is 0 Å². The van der Waals surface area contributed by atoms with E-state index in [1.807, 2.05) is 4.90 Å². The second-order valence-corrected chi connectivity index (χ2v) is 7.14. The quantitative estimate of drug-likeness (QED) is 0.844. The van der Waals surface area contributed by atoms with Crippen LogP contribution in [0.2, 0.25) is 0 Å². The maximum absolute atomic E-state index is 12.2. The van der Waals surface area contributed by atoms with Gasteiger partial charge in [-0.25, -0.2) is 0 Å². The topological polar surface area (TPSA) is 40.5 Å². The van der Waals surface area contributed by atoms with E-state index in [1.165, 1.54) is 11.1 Å². The molecule has 1 aliphatic rings. The summed E-state index contributed by atoms with van der Waals surface area (Å²) in [6, 6.07) is 4.22. The molecule has 1 N–H and O–H groups in total. The van der Waals surface area contributed by atoms with Gasteiger partial charge in [0, 0.05) is 22.5 Å². The van der Waals surface area contributed by atoms with Crippen molar-refractivity contribution in [3.63, 3.8) is 0 Å². The number of hydrogen-bond donors (Lipinski definition) is 1. The highest BCUT2D eigenvalue weighted by molar-refractivity contribution is 9.10. The number of thioether (sulfide) groups is 1. The summed E-state index contributed by atoms with van der Waals surface area (Å²) in [6.07, 6.45) is 1.17. The van der Waals surface area contributed by atoms with Crippen molar-refractivity contribution in [2.75, 3.05) is 18.8 Å². The molecule has 3 nitrogen and oxygen atoms in total. The average molecular weight is 358 g/mol. The van der Waals surface area contributed by atoms with Gasteiger partial charge in [0.15, 0.2) is 0 Å². The van der Waals surface area contributed by atoms with Crippen LogP contribution in [0.3, 0.4) is 0 Å². The van der Waals surface area contributed by atoms with E-state index in [0.717, 1.165) is 9.37 Å². The van der Waals surface area contributed by atoms with Gasteiger partial charge in [-0.05, 0) is 49.9 Å². The third-order valence-corrected chi connectivity index (χ3v) is 5.62. The first-order chi connectivity index (χ1) is 9.47. The second kappa shape index (κ2) is 6.96. The van der Waals surface area contributed by atoms with Crippen molar-refractivity contribution in [1.29, 1.82) is 0 Å². The van der Waals surface area contributed by atoms with Crippen LogP contribution in [-0.2, 0) is 4.79 Å². The van der Waals surface area contributed by atoms with Crippen molar-refractivity contribution < 1.29 is 9.90 Å². The van der Waals surface area contributed by atoms with E-state index < -0.39 is 0 Å². The van der Waals surface area contributed by atoms with E-state index in [4.69, 9.17) is 0 Å². The fourth-order valence-electron chi connectivity index (χ4n) is 2.26. The van der Waals surface area contributed by atoms with Gasteiger partial charge in [0.05, 0.1) is 11.9 Å². The van der Waals surface area contributed by atoms with Crippen LogP contribution in [0.15, 0.2) is 21.5 Å². The maximum atomic E-state index is 12.2. The highest BCUT2D eigenvalue weighted by Gasteiger charge is 2.21. The minimum absolute atomic E-state index is 0.168. The molecule has 0 unspecified atom stereocenters. The molecule has 0 radical (unpaired) electrons. The number of halogens is 1. The number of carbonyl (C=O) groups excluding carboxylic acids is 1. The Balaban J connectivity index is 1.92. The molecule has 1 aromatic carbocycles. The van der Waals surface area contributed by atoms with Crippen LogP contribution in [0.25, 0.3) is 0 Å². The number of hydrogen-bond acceptors (Lipinski definition) is 3. The summed E-state index contributed by atoms with van der Waals surface area (Å²) >= 11 is 5.12. The standard InChI is InChI=1S/C15H20BrNO2S/c1-10-8-14(11(2)7-13(10)16)20-9-15(19)17-5-3-12(18)4-6-17/h7-8,12,18H,3-6,9H2,1-2H3. The molecule has 0 spiro atoms. The van der Waals surface area contributed by atoms with E-state index in [1.54, 1.807) is 11.8 Å². The largest absolute Gasteiger partial charge is 0.393 e. The number of aliphatic hydroxyl groups excluding tert-OH is 1. The molecule has 0 saturated carbocycles. The Bertz CT molecular complexity index is 499. The third-order valence-electron chi connectivity index (χ3n) is 3.62. The third kappa shape index (κ3) is 3.99. The summed E-state index contributed by atoms with van der Waals surface area (Å²) < 4.78 is 1.11. The number of rotatable bonds is 3. The lowest BCUT2D eigenvalue weighted by atomic mass is 10.1. The molecular formula is C15H20BrNO2S. The monoisotopic (exact) mass is 357 g/mol. The Labute approximate surface area is 132 Å². The average Bonchev–Trinajstić information content (AvgIpc) is 2.42. The Morgan fingerprint density at radius 1 is 1.35 bits per heavy atom. The Hall–Kier alpha value is -0.520. The van der Waals surface area contributed by atoms with E-state index in [9.17, 15) is 9.90 Å². The lowest BCUT2D eigenvalue weighted by molar-refractivity contribution is -0.130. The van der Waals surface area contributed by atoms with Crippen LogP contribution in [0.4, 0.5) is 0 Å². The first-order valence-electron chi connectivity index (χ1n) is 6.82. The maximum Gasteiger partial charge on any atom is 0.232 e. The van der Waals surface area contributed by atoms with E-state index in [-0.39, 0.29) is 12.0 Å². The summed E-state index contributed by atoms with van der Waals surface area (Å²) in [7, 11) is 0. The summed E-state index contributed by atoms with van der Waals surface area (Å²) in [5, 5.41) is 9.46. The van der Waals surface area contributed by atoms with Gasteiger partial charge in [-0.3, -0.25) is 4.79 Å². The van der Waals surface area contributed by atoms with Gasteiger partial charge in [-0.1, -0.05) is 15.9 Å². The molecule has 1 aromatic rings. The normalized spacial score (nSPS) is 16.5. The predicted octanol–water partition coefficient (Wildman–Crippen LogP) is 3.14. The molecule has 0 bridgehead atoms. The van der Waals surface area contributed by atoms with Crippen molar-refractivity contribution in [3.05, 3.63) is 27.7 Å². The van der Waals surface area contributed by atoms with E-state index in [2.05, 4.69) is 41.9 Å². The minimum Gasteiger partial charge on any atom is -0.393 e. The van der Waals surface area contributed by atoms with Crippen LogP contribution in [0, 0.1) is 13.8 Å². The fraction of sp³-hybridized carbons (Fsp3) is 0.533. The lowest BCUT2D eigenvalue weighted by Crippen LogP contribution is -2.40. The number of likely N-dealkylation sites (tertiary alicyclic amines) is 1. The van der Waals surface area contributed by atoms with Gasteiger partial charge < -0.3 is 10.0 Å². The molecule has 20 heavy (non-hydrogen) atoms. The summed E-state index contributed by atoms with van der Waals surface area (Å²) in [6.45, 7) is 5.48. The number of amides is 1. The fourth-order valence-corrected chi connectivity index (χ4v) is 3.72. The SMILES string of the molecule is Cc1cc(SCC(=O)N2CCC(O)CC2)c(C)cc1Br. The van der Waals surface area contributed by atoms with Crippen molar-refractivity contribution in [2.24, 2.45) is 0 Å². The molecule has 0 aromatic heterocycles. The van der Waals surface area contributed by atoms with Crippen LogP contribution >= 0.6 is 27.7 Å². The number of aryl methyl sites for hydroxylation is 2. The first-order valence-corrected chi connectivity index (χ1v) is 8.60. The smallest absolute Gasteiger partial charge is 0.232 e. The molecule has 0 aliphatic carbocycles. The van der Waals surface area contributed by atoms with Crippen molar-refractivity contribution in [2.45, 2.75) is 37.7 Å². The number of nitrogens with zero attached hydrogens (tertiary/aromatic N) is 1. The molecule has 1 aliphatic heterocycles. The van der Waals surface area contributed by atoms with Crippen LogP contribution in [0.1, 0.15) is 24.0 Å². The van der Waals surface area contributed by atoms with Gasteiger partial charge in [0.1, 0.15) is 0 Å². The number of piperidine rings is 1. The van der Waals surface area contributed by atoms with Gasteiger partial charge in [0.25, 0.3) is 0 Å². The van der Waals surface area contributed by atoms with E-state index in [0.29, 0.717) is 31.7 Å². The zero-order valence-corrected chi connectivity index (χ0v) is 14.3. The lowest BCUT2D eigenvalue weighted by Gasteiger charge is -2.29. The summed E-state index contributed by atoms with van der Waals surface area (Å²) in [4.78, 5) is 15.2. The second-order valence-electron chi connectivity index (χ2n) is 5.27. The van der Waals surface area contributed by atoms with Crippen molar-refractivity contribution in [1.82, 2.24) is 4.90 Å². The van der Waals surface area contributed by atoms with E-state index >= 15 is 0 Å². The van der Waals surface area contributed by atoms with Gasteiger partial charge in [0.2, 0.25) is 5.91 Å². The Morgan fingerprint density at radius 3 is 2.65 bits per heavy atom. The molecule has 110 valence electrons. The van der Waals surface area contributed by atoms with Crippen LogP contribution in [-0.4, -0.2) is 40.9 Å². The molecule has 1 heterocycles. The zero-order chi connectivity index (χ0) is 14.7. The predicted molar refractivity (Wildman–Crippen MR) is 86.2 cm³/mol. The minimum atomic E-state index is -0.233. The molecule has 1 fully saturated rings. The molecular weight excluding hydrogens is 338 g/mol. The summed E-state index contributed by atoms with van der Waals surface area (Å²) in [5.41, 5.74) is 2.38.